The van der Waals surface area contributed by atoms with Gasteiger partial charge in [0.25, 0.3) is 5.91 Å². The number of amides is 1. The first-order valence-corrected chi connectivity index (χ1v) is 8.91. The van der Waals surface area contributed by atoms with E-state index in [9.17, 15) is 4.79 Å². The number of fused-ring (bicyclic) bond motifs is 1. The number of nitrogens with one attached hydrogen (secondary N) is 1. The normalized spacial score (nSPS) is 19.3. The molecular formula is C21H22N4O2. The minimum Gasteiger partial charge on any atom is -0.487 e. The lowest BCUT2D eigenvalue weighted by molar-refractivity contribution is -0.137. The molecule has 0 saturated carbocycles. The molecule has 6 heteroatoms. The number of rotatable bonds is 4. The topological polar surface area (TPSA) is 57.7 Å². The average molecular weight is 362 g/mol. The van der Waals surface area contributed by atoms with E-state index in [4.69, 9.17) is 4.74 Å². The van der Waals surface area contributed by atoms with Crippen molar-refractivity contribution in [3.8, 4) is 5.75 Å². The molecule has 0 radical (unpaired) electrons. The molecule has 2 aliphatic heterocycles. The highest BCUT2D eigenvalue weighted by Gasteiger charge is 2.37. The van der Waals surface area contributed by atoms with Crippen LogP contribution in [0.3, 0.4) is 0 Å². The second-order valence-electron chi connectivity index (χ2n) is 6.76. The number of carbonyl (C=O) groups is 1. The van der Waals surface area contributed by atoms with Gasteiger partial charge >= 0.3 is 0 Å². The van der Waals surface area contributed by atoms with Crippen LogP contribution in [0, 0.1) is 13.8 Å². The van der Waals surface area contributed by atoms with Gasteiger partial charge < -0.3 is 10.1 Å². The highest BCUT2D eigenvalue weighted by Crippen LogP contribution is 2.32. The van der Waals surface area contributed by atoms with Gasteiger partial charge in [-0.3, -0.25) is 9.78 Å². The van der Waals surface area contributed by atoms with Gasteiger partial charge in [0.05, 0.1) is 17.4 Å². The maximum Gasteiger partial charge on any atom is 0.268 e. The molecule has 3 heterocycles. The SMILES string of the molecule is Cc1cccc(OCC2=CC(=O)N3C(=CC(c4ccccn4)N3C)N2)c1C. The molecule has 2 aliphatic rings. The number of ether oxygens (including phenoxy) is 1. The largest absolute Gasteiger partial charge is 0.487 e. The van der Waals surface area contributed by atoms with Crippen LogP contribution in [0.2, 0.25) is 0 Å². The fraction of sp³-hybridized carbons (Fsp3) is 0.238. The second-order valence-corrected chi connectivity index (χ2v) is 6.76. The molecule has 138 valence electrons. The molecule has 6 nitrogen and oxygen atoms in total. The van der Waals surface area contributed by atoms with E-state index in [1.807, 2.05) is 55.4 Å². The number of aryl methyl sites for hydroxylation is 1. The van der Waals surface area contributed by atoms with Crippen LogP contribution in [0.5, 0.6) is 5.75 Å². The molecule has 1 atom stereocenters. The lowest BCUT2D eigenvalue weighted by atomic mass is 10.1. The van der Waals surface area contributed by atoms with E-state index in [2.05, 4.69) is 23.3 Å². The first kappa shape index (κ1) is 17.3. The molecule has 0 fully saturated rings. The van der Waals surface area contributed by atoms with Crippen molar-refractivity contribution in [3.05, 3.63) is 83.1 Å². The zero-order valence-corrected chi connectivity index (χ0v) is 15.6. The van der Waals surface area contributed by atoms with Gasteiger partial charge in [-0.15, -0.1) is 0 Å². The number of pyridine rings is 1. The Bertz CT molecular complexity index is 936. The smallest absolute Gasteiger partial charge is 0.268 e. The van der Waals surface area contributed by atoms with Crippen molar-refractivity contribution >= 4 is 5.91 Å². The molecule has 1 N–H and O–H groups in total. The van der Waals surface area contributed by atoms with Crippen molar-refractivity contribution in [2.24, 2.45) is 0 Å². The molecule has 1 aromatic heterocycles. The fourth-order valence-corrected chi connectivity index (χ4v) is 3.34. The summed E-state index contributed by atoms with van der Waals surface area (Å²) in [7, 11) is 1.88. The number of benzene rings is 1. The number of hydrazine groups is 1. The summed E-state index contributed by atoms with van der Waals surface area (Å²) >= 11 is 0. The van der Waals surface area contributed by atoms with Crippen LogP contribution in [0.4, 0.5) is 0 Å². The van der Waals surface area contributed by atoms with Crippen LogP contribution >= 0.6 is 0 Å². The van der Waals surface area contributed by atoms with Crippen molar-refractivity contribution in [2.45, 2.75) is 19.9 Å². The Morgan fingerprint density at radius 1 is 1.19 bits per heavy atom. The van der Waals surface area contributed by atoms with Crippen molar-refractivity contribution in [1.29, 1.82) is 0 Å². The Hall–Kier alpha value is -3.12. The van der Waals surface area contributed by atoms with Gasteiger partial charge in [-0.2, -0.15) is 0 Å². The van der Waals surface area contributed by atoms with Crippen LogP contribution in [0.25, 0.3) is 0 Å². The third-order valence-electron chi connectivity index (χ3n) is 4.99. The van der Waals surface area contributed by atoms with Gasteiger partial charge in [0.2, 0.25) is 0 Å². The maximum atomic E-state index is 12.7. The number of hydrogen-bond acceptors (Lipinski definition) is 5. The zero-order valence-electron chi connectivity index (χ0n) is 15.6. The van der Waals surface area contributed by atoms with Gasteiger partial charge in [0, 0.05) is 19.3 Å². The molecule has 4 rings (SSSR count). The molecule has 0 bridgehead atoms. The molecule has 0 spiro atoms. The van der Waals surface area contributed by atoms with Gasteiger partial charge in [-0.25, -0.2) is 10.0 Å². The molecule has 2 aromatic rings. The zero-order chi connectivity index (χ0) is 19.0. The Kier molecular flexibility index (Phi) is 4.41. The molecule has 1 unspecified atom stereocenters. The number of carbonyl (C=O) groups excluding carboxylic acids is 1. The first-order valence-electron chi connectivity index (χ1n) is 8.91. The van der Waals surface area contributed by atoms with Crippen molar-refractivity contribution < 1.29 is 9.53 Å². The van der Waals surface area contributed by atoms with E-state index >= 15 is 0 Å². The summed E-state index contributed by atoms with van der Waals surface area (Å²) in [5.41, 5.74) is 3.92. The lowest BCUT2D eigenvalue weighted by Crippen LogP contribution is -2.46. The number of hydrogen-bond donors (Lipinski definition) is 1. The minimum atomic E-state index is -0.0968. The summed E-state index contributed by atoms with van der Waals surface area (Å²) in [4.78, 5) is 17.1. The van der Waals surface area contributed by atoms with E-state index in [-0.39, 0.29) is 11.9 Å². The molecule has 1 aromatic carbocycles. The summed E-state index contributed by atoms with van der Waals surface area (Å²) in [6, 6.07) is 11.7. The highest BCUT2D eigenvalue weighted by atomic mass is 16.5. The average Bonchev–Trinajstić information content (AvgIpc) is 3.01. The van der Waals surface area contributed by atoms with Crippen molar-refractivity contribution in [1.82, 2.24) is 20.3 Å². The fourth-order valence-electron chi connectivity index (χ4n) is 3.34. The summed E-state index contributed by atoms with van der Waals surface area (Å²) in [6.45, 7) is 4.39. The Balaban J connectivity index is 1.52. The van der Waals surface area contributed by atoms with Crippen LogP contribution in [-0.4, -0.2) is 34.6 Å². The summed E-state index contributed by atoms with van der Waals surface area (Å²) in [5, 5.41) is 6.82. The summed E-state index contributed by atoms with van der Waals surface area (Å²) < 4.78 is 5.94. The lowest BCUT2D eigenvalue weighted by Gasteiger charge is -2.32. The second kappa shape index (κ2) is 6.89. The quantitative estimate of drug-likeness (QED) is 0.906. The van der Waals surface area contributed by atoms with E-state index in [0.29, 0.717) is 6.61 Å². The van der Waals surface area contributed by atoms with E-state index in [1.54, 1.807) is 17.3 Å². The molecule has 0 aliphatic carbocycles. The maximum absolute atomic E-state index is 12.7. The highest BCUT2D eigenvalue weighted by molar-refractivity contribution is 5.91. The van der Waals surface area contributed by atoms with Gasteiger partial charge in [-0.05, 0) is 49.2 Å². The van der Waals surface area contributed by atoms with Gasteiger partial charge in [-0.1, -0.05) is 18.2 Å². The molecule has 1 amide bonds. The number of likely N-dealkylation sites (N-methyl/N-ethyl adjacent to an activating group) is 1. The first-order chi connectivity index (χ1) is 13.0. The van der Waals surface area contributed by atoms with Gasteiger partial charge in [0.1, 0.15) is 18.2 Å². The molecule has 0 saturated heterocycles. The minimum absolute atomic E-state index is 0.0923. The van der Waals surface area contributed by atoms with E-state index in [1.165, 1.54) is 5.56 Å². The standard InChI is InChI=1S/C21H22N4O2/c1-14-7-6-9-19(15(14)2)27-13-16-11-21(26)25-20(23-16)12-18(24(25)3)17-8-4-5-10-22-17/h4-12,18,23H,13H2,1-3H3. The third kappa shape index (κ3) is 3.19. The van der Waals surface area contributed by atoms with Crippen LogP contribution in [-0.2, 0) is 4.79 Å². The molecule has 27 heavy (non-hydrogen) atoms. The molecular weight excluding hydrogens is 340 g/mol. The summed E-state index contributed by atoms with van der Waals surface area (Å²) in [5.74, 6) is 1.47. The monoisotopic (exact) mass is 362 g/mol. The Labute approximate surface area is 158 Å². The number of nitrogens with zero attached hydrogens (tertiary/aromatic N) is 3. The predicted molar refractivity (Wildman–Crippen MR) is 102 cm³/mol. The predicted octanol–water partition coefficient (Wildman–Crippen LogP) is 2.84. The number of aromatic nitrogens is 1. The van der Waals surface area contributed by atoms with Crippen LogP contribution in [0.15, 0.2) is 66.3 Å². The van der Waals surface area contributed by atoms with Gasteiger partial charge in [0.15, 0.2) is 0 Å². The van der Waals surface area contributed by atoms with E-state index < -0.39 is 0 Å². The van der Waals surface area contributed by atoms with Crippen LogP contribution < -0.4 is 10.1 Å². The Morgan fingerprint density at radius 2 is 2.04 bits per heavy atom. The summed E-state index contributed by atoms with van der Waals surface area (Å²) in [6.07, 6.45) is 5.35. The van der Waals surface area contributed by atoms with E-state index in [0.717, 1.165) is 28.5 Å². The third-order valence-corrected chi connectivity index (χ3v) is 4.99. The Morgan fingerprint density at radius 3 is 2.81 bits per heavy atom. The van der Waals surface area contributed by atoms with Crippen molar-refractivity contribution in [3.63, 3.8) is 0 Å². The van der Waals surface area contributed by atoms with Crippen molar-refractivity contribution in [2.75, 3.05) is 13.7 Å². The van der Waals surface area contributed by atoms with Crippen LogP contribution in [0.1, 0.15) is 22.9 Å².